The first-order valence-corrected chi connectivity index (χ1v) is 11.2. The molecule has 0 spiro atoms. The molecule has 0 bridgehead atoms. The Labute approximate surface area is 193 Å². The van der Waals surface area contributed by atoms with Crippen molar-refractivity contribution in [1.82, 2.24) is 24.1 Å². The highest BCUT2D eigenvalue weighted by Crippen LogP contribution is 2.32. The number of hydrogen-bond donors (Lipinski definition) is 0. The molecule has 8 heteroatoms. The molecule has 2 heterocycles. The first kappa shape index (κ1) is 22.1. The molecule has 0 N–H and O–H groups in total. The van der Waals surface area contributed by atoms with Crippen LogP contribution in [-0.4, -0.2) is 52.2 Å². The summed E-state index contributed by atoms with van der Waals surface area (Å²) in [6.07, 6.45) is 1.81. The highest BCUT2D eigenvalue weighted by Gasteiger charge is 2.14. The van der Waals surface area contributed by atoms with Crippen molar-refractivity contribution in [2.24, 2.45) is 7.05 Å². The summed E-state index contributed by atoms with van der Waals surface area (Å²) in [5, 5.41) is 5.70. The van der Waals surface area contributed by atoms with Gasteiger partial charge < -0.3 is 9.80 Å². The summed E-state index contributed by atoms with van der Waals surface area (Å²) in [4.78, 5) is 14.7. The van der Waals surface area contributed by atoms with Crippen molar-refractivity contribution in [3.05, 3.63) is 59.9 Å². The van der Waals surface area contributed by atoms with Crippen molar-refractivity contribution in [2.45, 2.75) is 18.7 Å². The van der Waals surface area contributed by atoms with E-state index in [1.807, 2.05) is 57.1 Å². The molecule has 4 rings (SSSR count). The molecule has 0 atom stereocenters. The van der Waals surface area contributed by atoms with Crippen LogP contribution < -0.4 is 9.80 Å². The van der Waals surface area contributed by atoms with Crippen molar-refractivity contribution in [2.75, 3.05) is 38.0 Å². The standard InChI is InChI=1S/C24H29N7S/c1-16-8-9-19(15-22(16)32-28(3)4)30(6)24-25-13-12-23(26-24)29(5)18-10-11-21-20(14-18)17(2)31(7)27-21/h8-15H,1-7H3. The molecule has 166 valence electrons. The van der Waals surface area contributed by atoms with Gasteiger partial charge >= 0.3 is 0 Å². The second-order valence-electron chi connectivity index (χ2n) is 8.10. The van der Waals surface area contributed by atoms with E-state index in [1.54, 1.807) is 11.9 Å². The van der Waals surface area contributed by atoms with Gasteiger partial charge in [-0.25, -0.2) is 4.98 Å². The smallest absolute Gasteiger partial charge is 0.231 e. The van der Waals surface area contributed by atoms with E-state index in [-0.39, 0.29) is 0 Å². The van der Waals surface area contributed by atoms with E-state index in [0.29, 0.717) is 5.95 Å². The van der Waals surface area contributed by atoms with E-state index in [0.717, 1.165) is 33.8 Å². The van der Waals surface area contributed by atoms with Crippen LogP contribution in [0, 0.1) is 13.8 Å². The largest absolute Gasteiger partial charge is 0.329 e. The molecule has 4 aromatic rings. The van der Waals surface area contributed by atoms with Gasteiger partial charge in [-0.3, -0.25) is 8.99 Å². The lowest BCUT2D eigenvalue weighted by Gasteiger charge is -2.22. The zero-order valence-electron chi connectivity index (χ0n) is 19.7. The summed E-state index contributed by atoms with van der Waals surface area (Å²) in [7, 11) is 10.1. The molecule has 2 aromatic heterocycles. The molecule has 32 heavy (non-hydrogen) atoms. The number of nitrogens with zero attached hydrogens (tertiary/aromatic N) is 7. The number of rotatable bonds is 6. The number of fused-ring (bicyclic) bond motifs is 1. The molecule has 7 nitrogen and oxygen atoms in total. The van der Waals surface area contributed by atoms with Gasteiger partial charge in [0.15, 0.2) is 0 Å². The first-order chi connectivity index (χ1) is 15.2. The lowest BCUT2D eigenvalue weighted by molar-refractivity contribution is 0.702. The van der Waals surface area contributed by atoms with Gasteiger partial charge in [-0.05, 0) is 81.9 Å². The monoisotopic (exact) mass is 447 g/mol. The molecule has 0 aliphatic rings. The van der Waals surface area contributed by atoms with E-state index in [9.17, 15) is 0 Å². The summed E-state index contributed by atoms with van der Waals surface area (Å²) in [6, 6.07) is 14.6. The molecular weight excluding hydrogens is 418 g/mol. The molecule has 0 unspecified atom stereocenters. The Balaban J connectivity index is 1.64. The molecule has 0 saturated heterocycles. The molecule has 0 amide bonds. The van der Waals surface area contributed by atoms with E-state index < -0.39 is 0 Å². The maximum absolute atomic E-state index is 4.85. The predicted molar refractivity (Wildman–Crippen MR) is 134 cm³/mol. The van der Waals surface area contributed by atoms with Gasteiger partial charge in [-0.15, -0.1) is 0 Å². The van der Waals surface area contributed by atoms with Gasteiger partial charge in [0.2, 0.25) is 5.95 Å². The molecule has 0 aliphatic heterocycles. The zero-order valence-corrected chi connectivity index (χ0v) is 20.5. The lowest BCUT2D eigenvalue weighted by atomic mass is 10.2. The van der Waals surface area contributed by atoms with Crippen molar-refractivity contribution in [1.29, 1.82) is 0 Å². The normalized spacial score (nSPS) is 11.4. The third-order valence-corrected chi connectivity index (χ3v) is 6.61. The van der Waals surface area contributed by atoms with Gasteiger partial charge in [0.05, 0.1) is 5.52 Å². The Morgan fingerprint density at radius 1 is 0.875 bits per heavy atom. The maximum atomic E-state index is 4.85. The van der Waals surface area contributed by atoms with Gasteiger partial charge in [-0.1, -0.05) is 6.07 Å². The van der Waals surface area contributed by atoms with Gasteiger partial charge in [0.25, 0.3) is 0 Å². The SMILES string of the molecule is Cc1ccc(N(C)c2nccc(N(C)c3ccc4nn(C)c(C)c4c3)n2)cc1SN(C)C. The summed E-state index contributed by atoms with van der Waals surface area (Å²) in [5.41, 5.74) is 5.49. The van der Waals surface area contributed by atoms with E-state index in [4.69, 9.17) is 4.98 Å². The van der Waals surface area contributed by atoms with E-state index in [2.05, 4.69) is 69.5 Å². The fraction of sp³-hybridized carbons (Fsp3) is 0.292. The molecule has 2 aromatic carbocycles. The zero-order chi connectivity index (χ0) is 23.0. The van der Waals surface area contributed by atoms with Crippen LogP contribution in [0.25, 0.3) is 10.9 Å². The van der Waals surface area contributed by atoms with Crippen LogP contribution in [0.3, 0.4) is 0 Å². The average molecular weight is 448 g/mol. The maximum Gasteiger partial charge on any atom is 0.231 e. The fourth-order valence-electron chi connectivity index (χ4n) is 3.55. The van der Waals surface area contributed by atoms with Crippen LogP contribution in [0.1, 0.15) is 11.3 Å². The number of benzene rings is 2. The molecule has 0 aliphatic carbocycles. The first-order valence-electron chi connectivity index (χ1n) is 10.4. The highest BCUT2D eigenvalue weighted by molar-refractivity contribution is 7.97. The third-order valence-electron chi connectivity index (χ3n) is 5.61. The van der Waals surface area contributed by atoms with Gasteiger partial charge in [-0.2, -0.15) is 10.1 Å². The number of hydrogen-bond acceptors (Lipinski definition) is 7. The van der Waals surface area contributed by atoms with Crippen molar-refractivity contribution < 1.29 is 0 Å². The number of aryl methyl sites for hydroxylation is 3. The summed E-state index contributed by atoms with van der Waals surface area (Å²) >= 11 is 1.71. The van der Waals surface area contributed by atoms with Crippen molar-refractivity contribution >= 4 is 46.0 Å². The lowest BCUT2D eigenvalue weighted by Crippen LogP contribution is -2.17. The van der Waals surface area contributed by atoms with Gasteiger partial charge in [0.1, 0.15) is 5.82 Å². The quantitative estimate of drug-likeness (QED) is 0.382. The average Bonchev–Trinajstić information content (AvgIpc) is 3.07. The minimum Gasteiger partial charge on any atom is -0.329 e. The molecular formula is C24H29N7S. The second-order valence-corrected chi connectivity index (χ2v) is 9.45. The Hall–Kier alpha value is -3.10. The van der Waals surface area contributed by atoms with Crippen molar-refractivity contribution in [3.8, 4) is 0 Å². The molecule has 0 radical (unpaired) electrons. The second kappa shape index (κ2) is 8.80. The Morgan fingerprint density at radius 3 is 2.34 bits per heavy atom. The number of aromatic nitrogens is 4. The van der Waals surface area contributed by atoms with Crippen LogP contribution in [0.15, 0.2) is 53.6 Å². The third kappa shape index (κ3) is 4.28. The van der Waals surface area contributed by atoms with E-state index >= 15 is 0 Å². The van der Waals surface area contributed by atoms with Crippen LogP contribution in [-0.2, 0) is 7.05 Å². The van der Waals surface area contributed by atoms with Crippen LogP contribution in [0.2, 0.25) is 0 Å². The minimum absolute atomic E-state index is 0.651. The fourth-order valence-corrected chi connectivity index (χ4v) is 4.33. The summed E-state index contributed by atoms with van der Waals surface area (Å²) < 4.78 is 4.01. The predicted octanol–water partition coefficient (Wildman–Crippen LogP) is 5.08. The highest BCUT2D eigenvalue weighted by atomic mass is 32.2. The van der Waals surface area contributed by atoms with Crippen LogP contribution in [0.5, 0.6) is 0 Å². The summed E-state index contributed by atoms with van der Waals surface area (Å²) in [6.45, 7) is 4.21. The summed E-state index contributed by atoms with van der Waals surface area (Å²) in [5.74, 6) is 1.48. The van der Waals surface area contributed by atoms with Gasteiger partial charge in [0, 0.05) is 54.7 Å². The minimum atomic E-state index is 0.651. The Morgan fingerprint density at radius 2 is 1.59 bits per heavy atom. The van der Waals surface area contributed by atoms with E-state index in [1.165, 1.54) is 10.5 Å². The number of anilines is 4. The van der Waals surface area contributed by atoms with Crippen LogP contribution in [0.4, 0.5) is 23.1 Å². The van der Waals surface area contributed by atoms with Crippen molar-refractivity contribution in [3.63, 3.8) is 0 Å². The Bertz CT molecular complexity index is 1260. The van der Waals surface area contributed by atoms with Crippen LogP contribution >= 0.6 is 11.9 Å². The Kier molecular flexibility index (Phi) is 6.08. The molecule has 0 saturated carbocycles. The molecule has 0 fully saturated rings. The topological polar surface area (TPSA) is 53.3 Å².